The Morgan fingerprint density at radius 1 is 1.15 bits per heavy atom. The Labute approximate surface area is 81.7 Å². The smallest absolute Gasteiger partial charge is 0.0342 e. The van der Waals surface area contributed by atoms with Crippen molar-refractivity contribution >= 4 is 0 Å². The predicted octanol–water partition coefficient (Wildman–Crippen LogP) is 1.47. The van der Waals surface area contributed by atoms with E-state index in [0.29, 0.717) is 0 Å². The van der Waals surface area contributed by atoms with Crippen molar-refractivity contribution in [2.45, 2.75) is 38.1 Å². The van der Waals surface area contributed by atoms with Crippen LogP contribution in [-0.2, 0) is 0 Å². The molecule has 0 aromatic rings. The SMILES string of the molecule is CN(CC1CCCCC1)C1CNC1. The monoisotopic (exact) mass is 182 g/mol. The van der Waals surface area contributed by atoms with Crippen LogP contribution in [0.15, 0.2) is 0 Å². The van der Waals surface area contributed by atoms with Gasteiger partial charge in [0.1, 0.15) is 0 Å². The van der Waals surface area contributed by atoms with E-state index in [1.807, 2.05) is 0 Å². The van der Waals surface area contributed by atoms with Crippen LogP contribution in [-0.4, -0.2) is 37.6 Å². The predicted molar refractivity (Wildman–Crippen MR) is 55.9 cm³/mol. The number of hydrogen-bond acceptors (Lipinski definition) is 2. The molecule has 2 aliphatic rings. The number of hydrogen-bond donors (Lipinski definition) is 1. The third kappa shape index (κ3) is 2.44. The molecule has 0 bridgehead atoms. The first-order valence-electron chi connectivity index (χ1n) is 5.77. The number of likely N-dealkylation sites (N-methyl/N-ethyl adjacent to an activating group) is 1. The van der Waals surface area contributed by atoms with E-state index in [9.17, 15) is 0 Å². The molecule has 2 fully saturated rings. The molecule has 0 atom stereocenters. The molecular formula is C11H22N2. The Hall–Kier alpha value is -0.0800. The van der Waals surface area contributed by atoms with Crippen LogP contribution in [0.2, 0.25) is 0 Å². The minimum atomic E-state index is 0.835. The van der Waals surface area contributed by atoms with E-state index in [1.165, 1.54) is 51.7 Å². The molecule has 2 rings (SSSR count). The van der Waals surface area contributed by atoms with Crippen molar-refractivity contribution in [3.63, 3.8) is 0 Å². The maximum absolute atomic E-state index is 3.34. The van der Waals surface area contributed by atoms with E-state index in [1.54, 1.807) is 0 Å². The fraction of sp³-hybridized carbons (Fsp3) is 1.00. The highest BCUT2D eigenvalue weighted by Crippen LogP contribution is 2.24. The molecule has 1 heterocycles. The summed E-state index contributed by atoms with van der Waals surface area (Å²) < 4.78 is 0. The van der Waals surface area contributed by atoms with E-state index in [-0.39, 0.29) is 0 Å². The zero-order valence-electron chi connectivity index (χ0n) is 8.76. The van der Waals surface area contributed by atoms with Gasteiger partial charge in [0.05, 0.1) is 0 Å². The molecule has 1 aliphatic heterocycles. The van der Waals surface area contributed by atoms with Gasteiger partial charge in [-0.25, -0.2) is 0 Å². The quantitative estimate of drug-likeness (QED) is 0.711. The molecule has 1 N–H and O–H groups in total. The van der Waals surface area contributed by atoms with Crippen LogP contribution in [0.5, 0.6) is 0 Å². The molecule has 0 amide bonds. The highest BCUT2D eigenvalue weighted by Gasteiger charge is 2.24. The molecule has 0 aromatic carbocycles. The summed E-state index contributed by atoms with van der Waals surface area (Å²) in [6.07, 6.45) is 7.38. The van der Waals surface area contributed by atoms with E-state index >= 15 is 0 Å². The van der Waals surface area contributed by atoms with Gasteiger partial charge in [0.25, 0.3) is 0 Å². The lowest BCUT2D eigenvalue weighted by molar-refractivity contribution is 0.142. The van der Waals surface area contributed by atoms with Crippen LogP contribution in [0, 0.1) is 5.92 Å². The maximum atomic E-state index is 3.34. The van der Waals surface area contributed by atoms with Gasteiger partial charge >= 0.3 is 0 Å². The minimum Gasteiger partial charge on any atom is -0.314 e. The molecule has 0 aromatic heterocycles. The number of nitrogens with zero attached hydrogens (tertiary/aromatic N) is 1. The Bertz CT molecular complexity index is 148. The van der Waals surface area contributed by atoms with Crippen LogP contribution in [0.3, 0.4) is 0 Å². The van der Waals surface area contributed by atoms with E-state index in [2.05, 4.69) is 17.3 Å². The molecule has 1 saturated carbocycles. The van der Waals surface area contributed by atoms with Crippen molar-refractivity contribution in [1.82, 2.24) is 10.2 Å². The van der Waals surface area contributed by atoms with Gasteiger partial charge in [-0.05, 0) is 25.8 Å². The summed E-state index contributed by atoms with van der Waals surface area (Å²) in [5.74, 6) is 0.999. The van der Waals surface area contributed by atoms with Gasteiger partial charge in [-0.3, -0.25) is 0 Å². The normalized spacial score (nSPS) is 26.3. The van der Waals surface area contributed by atoms with Crippen molar-refractivity contribution in [2.24, 2.45) is 5.92 Å². The van der Waals surface area contributed by atoms with Gasteiger partial charge < -0.3 is 10.2 Å². The Balaban J connectivity index is 1.69. The fourth-order valence-corrected chi connectivity index (χ4v) is 2.51. The molecule has 1 aliphatic carbocycles. The summed E-state index contributed by atoms with van der Waals surface area (Å²) in [7, 11) is 2.29. The van der Waals surface area contributed by atoms with E-state index < -0.39 is 0 Å². The van der Waals surface area contributed by atoms with Crippen molar-refractivity contribution in [3.8, 4) is 0 Å². The second-order valence-electron chi connectivity index (χ2n) is 4.76. The lowest BCUT2D eigenvalue weighted by Crippen LogP contribution is -2.56. The van der Waals surface area contributed by atoms with E-state index in [4.69, 9.17) is 0 Å². The lowest BCUT2D eigenvalue weighted by atomic mass is 9.88. The van der Waals surface area contributed by atoms with Crippen LogP contribution in [0.1, 0.15) is 32.1 Å². The first-order chi connectivity index (χ1) is 6.36. The Morgan fingerprint density at radius 2 is 1.85 bits per heavy atom. The second kappa shape index (κ2) is 4.43. The summed E-state index contributed by atoms with van der Waals surface area (Å²) in [4.78, 5) is 2.56. The lowest BCUT2D eigenvalue weighted by Gasteiger charge is -2.38. The van der Waals surface area contributed by atoms with Crippen molar-refractivity contribution in [2.75, 3.05) is 26.7 Å². The van der Waals surface area contributed by atoms with Crippen molar-refractivity contribution < 1.29 is 0 Å². The first-order valence-corrected chi connectivity index (χ1v) is 5.77. The summed E-state index contributed by atoms with van der Waals surface area (Å²) in [5.41, 5.74) is 0. The molecule has 2 nitrogen and oxygen atoms in total. The Kier molecular flexibility index (Phi) is 3.23. The van der Waals surface area contributed by atoms with Gasteiger partial charge in [0, 0.05) is 25.7 Å². The van der Waals surface area contributed by atoms with Crippen LogP contribution < -0.4 is 5.32 Å². The van der Waals surface area contributed by atoms with E-state index in [0.717, 1.165) is 12.0 Å². The standard InChI is InChI=1S/C11H22N2/c1-13(11-7-12-8-11)9-10-5-3-2-4-6-10/h10-12H,2-9H2,1H3. The highest BCUT2D eigenvalue weighted by molar-refractivity contribution is 4.84. The summed E-state index contributed by atoms with van der Waals surface area (Å²) >= 11 is 0. The molecule has 0 spiro atoms. The average Bonchev–Trinajstić information content (AvgIpc) is 2.02. The second-order valence-corrected chi connectivity index (χ2v) is 4.76. The first kappa shape index (κ1) is 9.47. The fourth-order valence-electron chi connectivity index (χ4n) is 2.51. The molecule has 2 heteroatoms. The zero-order chi connectivity index (χ0) is 9.10. The van der Waals surface area contributed by atoms with Crippen LogP contribution >= 0.6 is 0 Å². The average molecular weight is 182 g/mol. The molecule has 76 valence electrons. The zero-order valence-corrected chi connectivity index (χ0v) is 8.76. The van der Waals surface area contributed by atoms with Crippen molar-refractivity contribution in [1.29, 1.82) is 0 Å². The third-order valence-corrected chi connectivity index (χ3v) is 3.65. The van der Waals surface area contributed by atoms with Gasteiger partial charge in [0.2, 0.25) is 0 Å². The largest absolute Gasteiger partial charge is 0.314 e. The van der Waals surface area contributed by atoms with Gasteiger partial charge in [0.15, 0.2) is 0 Å². The van der Waals surface area contributed by atoms with Crippen LogP contribution in [0.4, 0.5) is 0 Å². The maximum Gasteiger partial charge on any atom is 0.0342 e. The minimum absolute atomic E-state index is 0.835. The van der Waals surface area contributed by atoms with Crippen LogP contribution in [0.25, 0.3) is 0 Å². The molecule has 13 heavy (non-hydrogen) atoms. The molecule has 1 saturated heterocycles. The number of nitrogens with one attached hydrogen (secondary N) is 1. The highest BCUT2D eigenvalue weighted by atomic mass is 15.2. The Morgan fingerprint density at radius 3 is 2.38 bits per heavy atom. The van der Waals surface area contributed by atoms with Gasteiger partial charge in [-0.2, -0.15) is 0 Å². The third-order valence-electron chi connectivity index (χ3n) is 3.65. The summed E-state index contributed by atoms with van der Waals surface area (Å²) in [5, 5.41) is 3.34. The summed E-state index contributed by atoms with van der Waals surface area (Å²) in [6.45, 7) is 3.76. The van der Waals surface area contributed by atoms with Gasteiger partial charge in [-0.15, -0.1) is 0 Å². The molecular weight excluding hydrogens is 160 g/mol. The topological polar surface area (TPSA) is 15.3 Å². The summed E-state index contributed by atoms with van der Waals surface area (Å²) in [6, 6.07) is 0.835. The van der Waals surface area contributed by atoms with Gasteiger partial charge in [-0.1, -0.05) is 19.3 Å². The molecule has 0 unspecified atom stereocenters. The number of rotatable bonds is 3. The molecule has 0 radical (unpaired) electrons. The van der Waals surface area contributed by atoms with Crippen molar-refractivity contribution in [3.05, 3.63) is 0 Å².